The van der Waals surface area contributed by atoms with Gasteiger partial charge in [0.05, 0.1) is 7.11 Å². The van der Waals surface area contributed by atoms with E-state index in [1.54, 1.807) is 7.11 Å². The topological polar surface area (TPSA) is 42.0 Å². The van der Waals surface area contributed by atoms with Crippen molar-refractivity contribution in [1.82, 2.24) is 9.80 Å². The van der Waals surface area contributed by atoms with E-state index in [4.69, 9.17) is 9.47 Å². The van der Waals surface area contributed by atoms with Crippen molar-refractivity contribution < 1.29 is 14.3 Å². The normalized spacial score (nSPS) is 14.9. The molecule has 0 aromatic heterocycles. The maximum atomic E-state index is 12.5. The molecule has 2 aromatic rings. The molecule has 1 aliphatic rings. The van der Waals surface area contributed by atoms with Crippen molar-refractivity contribution in [2.75, 3.05) is 39.9 Å². The van der Waals surface area contributed by atoms with Crippen LogP contribution in [0.25, 0.3) is 0 Å². The molecule has 3 rings (SSSR count). The first-order valence-corrected chi connectivity index (χ1v) is 9.91. The summed E-state index contributed by atoms with van der Waals surface area (Å²) in [6, 6.07) is 16.3. The summed E-state index contributed by atoms with van der Waals surface area (Å²) in [6.07, 6.45) is 0. The molecule has 0 saturated carbocycles. The van der Waals surface area contributed by atoms with Gasteiger partial charge in [0.25, 0.3) is 5.91 Å². The minimum absolute atomic E-state index is 0.0202. The molecule has 1 heterocycles. The second-order valence-electron chi connectivity index (χ2n) is 7.49. The van der Waals surface area contributed by atoms with Crippen molar-refractivity contribution in [3.8, 4) is 11.5 Å². The number of hydrogen-bond acceptors (Lipinski definition) is 4. The predicted octanol–water partition coefficient (Wildman–Crippen LogP) is 3.54. The van der Waals surface area contributed by atoms with Gasteiger partial charge in [-0.1, -0.05) is 50.2 Å². The molecule has 0 spiro atoms. The predicted molar refractivity (Wildman–Crippen MR) is 111 cm³/mol. The van der Waals surface area contributed by atoms with Crippen LogP contribution in [-0.4, -0.2) is 55.6 Å². The smallest absolute Gasteiger partial charge is 0.260 e. The van der Waals surface area contributed by atoms with Crippen LogP contribution in [0.4, 0.5) is 0 Å². The Labute approximate surface area is 167 Å². The number of ether oxygens (including phenoxy) is 2. The number of hydrogen-bond donors (Lipinski definition) is 0. The first-order valence-electron chi connectivity index (χ1n) is 9.91. The van der Waals surface area contributed by atoms with Gasteiger partial charge in [-0.2, -0.15) is 0 Å². The lowest BCUT2D eigenvalue weighted by molar-refractivity contribution is -0.135. The molecule has 5 nitrogen and oxygen atoms in total. The Balaban J connectivity index is 1.44. The monoisotopic (exact) mass is 382 g/mol. The summed E-state index contributed by atoms with van der Waals surface area (Å²) in [5.41, 5.74) is 2.69. The Morgan fingerprint density at radius 3 is 2.21 bits per heavy atom. The van der Waals surface area contributed by atoms with E-state index in [9.17, 15) is 4.79 Å². The van der Waals surface area contributed by atoms with Gasteiger partial charge in [-0.25, -0.2) is 0 Å². The second-order valence-corrected chi connectivity index (χ2v) is 7.49. The molecule has 1 saturated heterocycles. The number of carbonyl (C=O) groups excluding carboxylic acids is 1. The molecule has 0 aliphatic carbocycles. The molecule has 1 aliphatic heterocycles. The van der Waals surface area contributed by atoms with Gasteiger partial charge >= 0.3 is 0 Å². The molecule has 2 aromatic carbocycles. The van der Waals surface area contributed by atoms with Crippen molar-refractivity contribution in [2.24, 2.45) is 0 Å². The maximum Gasteiger partial charge on any atom is 0.260 e. The van der Waals surface area contributed by atoms with E-state index in [-0.39, 0.29) is 12.5 Å². The Hall–Kier alpha value is -2.53. The lowest BCUT2D eigenvalue weighted by Gasteiger charge is -2.34. The summed E-state index contributed by atoms with van der Waals surface area (Å²) in [5.74, 6) is 1.82. The number of benzene rings is 2. The molecule has 0 unspecified atom stereocenters. The van der Waals surface area contributed by atoms with Crippen LogP contribution in [0.1, 0.15) is 30.9 Å². The fraction of sp³-hybridized carbons (Fsp3) is 0.435. The Kier molecular flexibility index (Phi) is 6.93. The number of piperazine rings is 1. The fourth-order valence-electron chi connectivity index (χ4n) is 3.39. The van der Waals surface area contributed by atoms with Gasteiger partial charge in [0.2, 0.25) is 0 Å². The molecular formula is C23H30N2O3. The van der Waals surface area contributed by atoms with Gasteiger partial charge < -0.3 is 14.4 Å². The van der Waals surface area contributed by atoms with Crippen LogP contribution in [0.3, 0.4) is 0 Å². The van der Waals surface area contributed by atoms with Gasteiger partial charge in [-0.3, -0.25) is 9.69 Å². The molecule has 0 bridgehead atoms. The number of nitrogens with zero attached hydrogens (tertiary/aromatic N) is 2. The van der Waals surface area contributed by atoms with Crippen LogP contribution in [0.2, 0.25) is 0 Å². The van der Waals surface area contributed by atoms with E-state index in [0.717, 1.165) is 32.7 Å². The van der Waals surface area contributed by atoms with E-state index in [0.29, 0.717) is 17.4 Å². The molecule has 0 radical (unpaired) electrons. The van der Waals surface area contributed by atoms with E-state index >= 15 is 0 Å². The van der Waals surface area contributed by atoms with Crippen molar-refractivity contribution >= 4 is 5.91 Å². The Morgan fingerprint density at radius 1 is 0.964 bits per heavy atom. The summed E-state index contributed by atoms with van der Waals surface area (Å²) < 4.78 is 10.9. The van der Waals surface area contributed by atoms with Gasteiger partial charge in [0, 0.05) is 32.7 Å². The standard InChI is InChI=1S/C23H30N2O3/c1-18(2)20-10-8-19(9-11-20)16-24-12-14-25(15-13-24)23(26)17-28-22-7-5-4-6-21(22)27-3/h4-11,18H,12-17H2,1-3H3. The van der Waals surface area contributed by atoms with Gasteiger partial charge in [-0.05, 0) is 29.2 Å². The first-order chi connectivity index (χ1) is 13.6. The lowest BCUT2D eigenvalue weighted by Crippen LogP contribution is -2.49. The average Bonchev–Trinajstić information content (AvgIpc) is 2.73. The molecule has 5 heteroatoms. The van der Waals surface area contributed by atoms with E-state index < -0.39 is 0 Å². The van der Waals surface area contributed by atoms with Crippen molar-refractivity contribution in [3.05, 3.63) is 59.7 Å². The van der Waals surface area contributed by atoms with Crippen LogP contribution >= 0.6 is 0 Å². The molecule has 1 amide bonds. The number of amides is 1. The van der Waals surface area contributed by atoms with E-state index in [1.807, 2.05) is 29.2 Å². The average molecular weight is 383 g/mol. The zero-order valence-electron chi connectivity index (χ0n) is 17.1. The number of para-hydroxylation sites is 2. The second kappa shape index (κ2) is 9.60. The number of methoxy groups -OCH3 is 1. The number of rotatable bonds is 7. The largest absolute Gasteiger partial charge is 0.493 e. The van der Waals surface area contributed by atoms with Crippen LogP contribution in [0, 0.1) is 0 Å². The lowest BCUT2D eigenvalue weighted by atomic mass is 10.0. The van der Waals surface area contributed by atoms with Crippen molar-refractivity contribution in [3.63, 3.8) is 0 Å². The van der Waals surface area contributed by atoms with Gasteiger partial charge in [-0.15, -0.1) is 0 Å². The molecule has 150 valence electrons. The molecule has 0 atom stereocenters. The summed E-state index contributed by atoms with van der Waals surface area (Å²) >= 11 is 0. The summed E-state index contributed by atoms with van der Waals surface area (Å²) in [6.45, 7) is 8.62. The first kappa shape index (κ1) is 20.2. The third-order valence-corrected chi connectivity index (χ3v) is 5.20. The van der Waals surface area contributed by atoms with E-state index in [2.05, 4.69) is 43.0 Å². The van der Waals surface area contributed by atoms with Gasteiger partial charge in [0.1, 0.15) is 0 Å². The van der Waals surface area contributed by atoms with Crippen LogP contribution in [-0.2, 0) is 11.3 Å². The quantitative estimate of drug-likeness (QED) is 0.735. The highest BCUT2D eigenvalue weighted by Gasteiger charge is 2.21. The Morgan fingerprint density at radius 2 is 1.61 bits per heavy atom. The minimum atomic E-state index is 0.0202. The molecule has 28 heavy (non-hydrogen) atoms. The van der Waals surface area contributed by atoms with E-state index in [1.165, 1.54) is 11.1 Å². The third kappa shape index (κ3) is 5.26. The van der Waals surface area contributed by atoms with Crippen molar-refractivity contribution in [2.45, 2.75) is 26.3 Å². The Bertz CT molecular complexity index is 766. The molecule has 1 fully saturated rings. The maximum absolute atomic E-state index is 12.5. The highest BCUT2D eigenvalue weighted by Crippen LogP contribution is 2.25. The zero-order chi connectivity index (χ0) is 19.9. The summed E-state index contributed by atoms with van der Waals surface area (Å²) in [5, 5.41) is 0. The highest BCUT2D eigenvalue weighted by atomic mass is 16.5. The molecular weight excluding hydrogens is 352 g/mol. The van der Waals surface area contributed by atoms with Crippen LogP contribution in [0.5, 0.6) is 11.5 Å². The van der Waals surface area contributed by atoms with Crippen molar-refractivity contribution in [1.29, 1.82) is 0 Å². The minimum Gasteiger partial charge on any atom is -0.493 e. The summed E-state index contributed by atoms with van der Waals surface area (Å²) in [7, 11) is 1.60. The zero-order valence-corrected chi connectivity index (χ0v) is 17.1. The van der Waals surface area contributed by atoms with Crippen LogP contribution in [0.15, 0.2) is 48.5 Å². The fourth-order valence-corrected chi connectivity index (χ4v) is 3.39. The van der Waals surface area contributed by atoms with Crippen LogP contribution < -0.4 is 9.47 Å². The summed E-state index contributed by atoms with van der Waals surface area (Å²) in [4.78, 5) is 16.8. The SMILES string of the molecule is COc1ccccc1OCC(=O)N1CCN(Cc2ccc(C(C)C)cc2)CC1. The number of carbonyl (C=O) groups is 1. The molecule has 0 N–H and O–H groups in total. The third-order valence-electron chi connectivity index (χ3n) is 5.20. The van der Waals surface area contributed by atoms with Gasteiger partial charge in [0.15, 0.2) is 18.1 Å². The highest BCUT2D eigenvalue weighted by molar-refractivity contribution is 5.78.